The van der Waals surface area contributed by atoms with Gasteiger partial charge in [0.05, 0.1) is 31.5 Å². The summed E-state index contributed by atoms with van der Waals surface area (Å²) in [6.07, 6.45) is 39.5. The Balaban J connectivity index is 4.57. The summed E-state index contributed by atoms with van der Waals surface area (Å²) < 4.78 is 32.5. The number of aliphatic hydroxyl groups excluding tert-OH is 3. The maximum Gasteiger partial charge on any atom is 0.472 e. The molecule has 12 nitrogen and oxygen atoms in total. The van der Waals surface area contributed by atoms with Gasteiger partial charge >= 0.3 is 19.8 Å². The van der Waals surface area contributed by atoms with Crippen LogP contribution >= 0.6 is 7.82 Å². The molecule has 6 N–H and O–H groups in total. The number of hydrogen-bond acceptors (Lipinski definition) is 11. The molecule has 58 heavy (non-hydrogen) atoms. The van der Waals surface area contributed by atoms with Crippen molar-refractivity contribution in [2.45, 2.75) is 147 Å². The molecule has 0 amide bonds. The number of carbonyl (C=O) groups is 2. The second kappa shape index (κ2) is 39.3. The quantitative estimate of drug-likeness (QED) is 0.0132. The van der Waals surface area contributed by atoms with E-state index in [0.29, 0.717) is 12.8 Å². The lowest BCUT2D eigenvalue weighted by Crippen LogP contribution is -2.30. The topological polar surface area (TPSA) is 195 Å². The van der Waals surface area contributed by atoms with Crippen LogP contribution in [0.2, 0.25) is 0 Å². The Hall–Kier alpha value is -3.19. The number of esters is 2. The molecule has 0 aromatic carbocycles. The Bertz CT molecular complexity index is 1320. The van der Waals surface area contributed by atoms with Crippen molar-refractivity contribution in [3.63, 3.8) is 0 Å². The number of nitrogens with two attached hydrogens (primary N) is 1. The Labute approximate surface area is 348 Å². The highest BCUT2D eigenvalue weighted by molar-refractivity contribution is 7.47. The van der Waals surface area contributed by atoms with Crippen LogP contribution in [0, 0.1) is 0 Å². The normalized spacial score (nSPS) is 15.9. The highest BCUT2D eigenvalue weighted by Crippen LogP contribution is 2.43. The van der Waals surface area contributed by atoms with E-state index in [0.717, 1.165) is 51.4 Å². The Morgan fingerprint density at radius 3 is 1.93 bits per heavy atom. The summed E-state index contributed by atoms with van der Waals surface area (Å²) in [6, 6.07) is 0. The average Bonchev–Trinajstić information content (AvgIpc) is 3.20. The number of phosphoric ester groups is 1. The lowest BCUT2D eigenvalue weighted by molar-refractivity contribution is -0.161. The summed E-state index contributed by atoms with van der Waals surface area (Å²) in [4.78, 5) is 34.9. The second-order valence-corrected chi connectivity index (χ2v) is 15.1. The standard InChI is InChI=1S/C45H74NO11P/c1-3-5-7-8-9-10-11-12-13-14-15-16-17-18-19-24-28-34-45(51)57-41(39-56-58(52,53)55-37-36-46)38-54-44(50)35-29-33-43(49)42(48)32-27-23-21-20-22-26-31-40(47)30-25-6-4-2/h6,9-10,12-13,15-16,20-23,25-27,31-32,40-43,47-49H,3-5,7-8,11,14,17-19,24,28-30,33-39,46H2,1-2H3,(H,52,53)/b10-9-,13-12-,16-15-,22-20+,23-21-,25-6-,31-26+,32-27-/t40-,41-,42+,43+/m1/s1. The van der Waals surface area contributed by atoms with Gasteiger partial charge in [0.25, 0.3) is 0 Å². The predicted octanol–water partition coefficient (Wildman–Crippen LogP) is 8.74. The number of ether oxygens (including phenoxy) is 2. The minimum atomic E-state index is -4.47. The second-order valence-electron chi connectivity index (χ2n) is 13.7. The number of hydrogen-bond donors (Lipinski definition) is 5. The number of allylic oxidation sites excluding steroid dienone is 13. The third-order valence-corrected chi connectivity index (χ3v) is 9.28. The minimum absolute atomic E-state index is 0.00536. The van der Waals surface area contributed by atoms with Crippen LogP contribution in [0.4, 0.5) is 0 Å². The van der Waals surface area contributed by atoms with Crippen LogP contribution in [-0.2, 0) is 32.7 Å². The zero-order chi connectivity index (χ0) is 43.0. The highest BCUT2D eigenvalue weighted by Gasteiger charge is 2.26. The Kier molecular flexibility index (Phi) is 37.1. The molecule has 0 aliphatic heterocycles. The first kappa shape index (κ1) is 54.8. The van der Waals surface area contributed by atoms with Gasteiger partial charge in [-0.25, -0.2) is 4.57 Å². The van der Waals surface area contributed by atoms with Crippen LogP contribution in [0.5, 0.6) is 0 Å². The molecule has 0 aromatic heterocycles. The predicted molar refractivity (Wildman–Crippen MR) is 233 cm³/mol. The molecule has 13 heteroatoms. The minimum Gasteiger partial charge on any atom is -0.462 e. The van der Waals surface area contributed by atoms with E-state index < -0.39 is 57.4 Å². The van der Waals surface area contributed by atoms with E-state index in [1.165, 1.54) is 25.3 Å². The Morgan fingerprint density at radius 1 is 0.672 bits per heavy atom. The van der Waals surface area contributed by atoms with Crippen molar-refractivity contribution in [1.82, 2.24) is 0 Å². The van der Waals surface area contributed by atoms with E-state index in [1.54, 1.807) is 42.5 Å². The summed E-state index contributed by atoms with van der Waals surface area (Å²) in [5.41, 5.74) is 5.32. The molecular formula is C45H74NO11P. The maximum absolute atomic E-state index is 12.6. The monoisotopic (exact) mass is 835 g/mol. The van der Waals surface area contributed by atoms with Gasteiger partial charge in [0.2, 0.25) is 0 Å². The third kappa shape index (κ3) is 37.1. The van der Waals surface area contributed by atoms with Gasteiger partial charge in [-0.05, 0) is 70.6 Å². The molecule has 1 unspecified atom stereocenters. The number of phosphoric acid groups is 1. The Morgan fingerprint density at radius 2 is 1.28 bits per heavy atom. The van der Waals surface area contributed by atoms with Gasteiger partial charge in [-0.15, -0.1) is 0 Å². The van der Waals surface area contributed by atoms with E-state index in [2.05, 4.69) is 43.4 Å². The first-order valence-corrected chi connectivity index (χ1v) is 22.5. The van der Waals surface area contributed by atoms with Crippen LogP contribution < -0.4 is 5.73 Å². The molecule has 0 aromatic rings. The van der Waals surface area contributed by atoms with Crippen molar-refractivity contribution >= 4 is 19.8 Å². The van der Waals surface area contributed by atoms with E-state index >= 15 is 0 Å². The van der Waals surface area contributed by atoms with Crippen molar-refractivity contribution < 1.29 is 52.9 Å². The van der Waals surface area contributed by atoms with Gasteiger partial charge in [-0.2, -0.15) is 0 Å². The molecule has 0 aliphatic rings. The molecule has 0 rings (SSSR count). The number of carbonyl (C=O) groups excluding carboxylic acids is 2. The molecular weight excluding hydrogens is 761 g/mol. The van der Waals surface area contributed by atoms with Gasteiger partial charge < -0.3 is 35.4 Å². The van der Waals surface area contributed by atoms with Gasteiger partial charge in [0.15, 0.2) is 6.10 Å². The smallest absolute Gasteiger partial charge is 0.462 e. The molecule has 0 fully saturated rings. The number of unbranched alkanes of at least 4 members (excludes halogenated alkanes) is 7. The molecule has 5 atom stereocenters. The summed E-state index contributed by atoms with van der Waals surface area (Å²) in [6.45, 7) is 3.05. The van der Waals surface area contributed by atoms with Crippen molar-refractivity contribution in [3.05, 3.63) is 97.2 Å². The lowest BCUT2D eigenvalue weighted by atomic mass is 10.1. The van der Waals surface area contributed by atoms with Crippen molar-refractivity contribution in [3.8, 4) is 0 Å². The largest absolute Gasteiger partial charge is 0.472 e. The first-order valence-electron chi connectivity index (χ1n) is 21.0. The van der Waals surface area contributed by atoms with Crippen molar-refractivity contribution in [1.29, 1.82) is 0 Å². The van der Waals surface area contributed by atoms with Gasteiger partial charge in [-0.3, -0.25) is 18.6 Å². The summed E-state index contributed by atoms with van der Waals surface area (Å²) in [5.74, 6) is -1.20. The fourth-order valence-electron chi connectivity index (χ4n) is 5.04. The van der Waals surface area contributed by atoms with Crippen molar-refractivity contribution in [2.24, 2.45) is 5.73 Å². The van der Waals surface area contributed by atoms with E-state index in [-0.39, 0.29) is 38.8 Å². The summed E-state index contributed by atoms with van der Waals surface area (Å²) >= 11 is 0. The summed E-state index contributed by atoms with van der Waals surface area (Å²) in [5, 5.41) is 30.3. The van der Waals surface area contributed by atoms with Crippen LogP contribution in [-0.4, -0.2) is 82.9 Å². The number of rotatable bonds is 37. The van der Waals surface area contributed by atoms with E-state index in [4.69, 9.17) is 24.3 Å². The zero-order valence-corrected chi connectivity index (χ0v) is 36.0. The first-order chi connectivity index (χ1) is 28.0. The molecule has 0 saturated carbocycles. The molecule has 0 aliphatic carbocycles. The molecule has 0 heterocycles. The SMILES string of the molecule is CC/C=C\C[C@@H](O)/C=C/C=C/C=C\C=C/[C@H](O)[C@@H](O)CCCC(=O)OC[C@H](COP(=O)(O)OCCN)OC(=O)CCCCCC/C=C\C/C=C\C/C=C\CCCCC. The zero-order valence-electron chi connectivity index (χ0n) is 35.1. The highest BCUT2D eigenvalue weighted by atomic mass is 31.2. The van der Waals surface area contributed by atoms with Gasteiger partial charge in [0.1, 0.15) is 6.61 Å². The molecule has 330 valence electrons. The van der Waals surface area contributed by atoms with Crippen LogP contribution in [0.15, 0.2) is 97.2 Å². The average molecular weight is 836 g/mol. The molecule has 0 bridgehead atoms. The fourth-order valence-corrected chi connectivity index (χ4v) is 5.80. The van der Waals surface area contributed by atoms with Crippen LogP contribution in [0.25, 0.3) is 0 Å². The summed E-state index contributed by atoms with van der Waals surface area (Å²) in [7, 11) is -4.47. The molecule has 0 spiro atoms. The van der Waals surface area contributed by atoms with Gasteiger partial charge in [-0.1, -0.05) is 137 Å². The van der Waals surface area contributed by atoms with Crippen LogP contribution in [0.3, 0.4) is 0 Å². The lowest BCUT2D eigenvalue weighted by Gasteiger charge is -2.20. The maximum atomic E-state index is 12.6. The van der Waals surface area contributed by atoms with Gasteiger partial charge in [0, 0.05) is 19.4 Å². The van der Waals surface area contributed by atoms with E-state index in [1.807, 2.05) is 19.1 Å². The number of aliphatic hydroxyl groups is 3. The van der Waals surface area contributed by atoms with E-state index in [9.17, 15) is 34.4 Å². The van der Waals surface area contributed by atoms with Crippen LogP contribution in [0.1, 0.15) is 123 Å². The third-order valence-electron chi connectivity index (χ3n) is 8.30. The fraction of sp³-hybridized carbons (Fsp3) is 0.600. The van der Waals surface area contributed by atoms with Crippen molar-refractivity contribution in [2.75, 3.05) is 26.4 Å². The molecule has 0 saturated heterocycles. The molecule has 0 radical (unpaired) electrons.